The van der Waals surface area contributed by atoms with E-state index in [0.717, 1.165) is 17.3 Å². The highest BCUT2D eigenvalue weighted by Gasteiger charge is 2.30. The standard InChI is InChI=1S/C22H28N4O6/c1-3-32-18-8-4-7-15-14(18)11-16(25-15)21(29)24-12-19(27)26-17(22(30)31-2)10-13-6-5-9-23-20(13)28/h4,7-8,11,13,17,25H,3,5-6,9-10,12H2,1-2H3,(H,23,28)(H,24,29)(H,26,27)/t13-,17-/m0/s1. The highest BCUT2D eigenvalue weighted by atomic mass is 16.5. The SMILES string of the molecule is CCOc1cccc2[nH]c(C(=O)NCC(=O)N[C@@H](C[C@@H]3CCCNC3=O)C(=O)OC)cc12. The molecule has 0 saturated carbocycles. The third-order valence-electron chi connectivity index (χ3n) is 5.32. The van der Waals surface area contributed by atoms with Crippen LogP contribution in [0.5, 0.6) is 5.75 Å². The molecule has 2 heterocycles. The molecule has 1 aromatic heterocycles. The molecule has 1 saturated heterocycles. The lowest BCUT2D eigenvalue weighted by atomic mass is 9.91. The molecule has 0 aliphatic carbocycles. The quantitative estimate of drug-likeness (QED) is 0.424. The number of nitrogens with one attached hydrogen (secondary N) is 4. The molecule has 3 rings (SSSR count). The third kappa shape index (κ3) is 5.57. The summed E-state index contributed by atoms with van der Waals surface area (Å²) in [5.41, 5.74) is 1.02. The number of fused-ring (bicyclic) bond motifs is 1. The van der Waals surface area contributed by atoms with Crippen LogP contribution in [-0.2, 0) is 19.1 Å². The highest BCUT2D eigenvalue weighted by Crippen LogP contribution is 2.26. The number of hydrogen-bond donors (Lipinski definition) is 4. The number of H-pyrrole nitrogens is 1. The van der Waals surface area contributed by atoms with Crippen molar-refractivity contribution < 1.29 is 28.7 Å². The van der Waals surface area contributed by atoms with E-state index in [1.807, 2.05) is 25.1 Å². The second kappa shape index (κ2) is 10.7. The summed E-state index contributed by atoms with van der Waals surface area (Å²) >= 11 is 0. The van der Waals surface area contributed by atoms with Crippen molar-refractivity contribution in [3.8, 4) is 5.75 Å². The Balaban J connectivity index is 1.59. The number of methoxy groups -OCH3 is 1. The molecule has 172 valence electrons. The number of aromatic nitrogens is 1. The second-order valence-corrected chi connectivity index (χ2v) is 7.53. The molecule has 10 nitrogen and oxygen atoms in total. The number of benzene rings is 1. The minimum Gasteiger partial charge on any atom is -0.493 e. The van der Waals surface area contributed by atoms with Gasteiger partial charge in [-0.3, -0.25) is 14.4 Å². The van der Waals surface area contributed by atoms with Crippen LogP contribution in [0.3, 0.4) is 0 Å². The molecular weight excluding hydrogens is 416 g/mol. The van der Waals surface area contributed by atoms with E-state index in [4.69, 9.17) is 9.47 Å². The molecule has 2 aromatic rings. The molecule has 32 heavy (non-hydrogen) atoms. The van der Waals surface area contributed by atoms with Gasteiger partial charge in [0, 0.05) is 23.4 Å². The van der Waals surface area contributed by atoms with Crippen LogP contribution in [0.25, 0.3) is 10.9 Å². The fraction of sp³-hybridized carbons (Fsp3) is 0.455. The summed E-state index contributed by atoms with van der Waals surface area (Å²) < 4.78 is 10.3. The zero-order valence-corrected chi connectivity index (χ0v) is 18.2. The molecule has 0 bridgehead atoms. The van der Waals surface area contributed by atoms with Crippen LogP contribution >= 0.6 is 0 Å². The van der Waals surface area contributed by atoms with Gasteiger partial charge in [0.2, 0.25) is 11.8 Å². The van der Waals surface area contributed by atoms with Gasteiger partial charge in [-0.2, -0.15) is 0 Å². The number of ether oxygens (including phenoxy) is 2. The van der Waals surface area contributed by atoms with E-state index >= 15 is 0 Å². The molecule has 3 amide bonds. The van der Waals surface area contributed by atoms with E-state index in [0.29, 0.717) is 25.3 Å². The maximum atomic E-state index is 12.5. The van der Waals surface area contributed by atoms with Crippen molar-refractivity contribution in [3.05, 3.63) is 30.0 Å². The third-order valence-corrected chi connectivity index (χ3v) is 5.32. The average molecular weight is 444 g/mol. The number of piperidine rings is 1. The average Bonchev–Trinajstić information content (AvgIpc) is 3.23. The molecule has 0 spiro atoms. The minimum atomic E-state index is -0.972. The van der Waals surface area contributed by atoms with Gasteiger partial charge in [0.1, 0.15) is 17.5 Å². The first kappa shape index (κ1) is 23.1. The Bertz CT molecular complexity index is 1000. The first-order valence-corrected chi connectivity index (χ1v) is 10.6. The monoisotopic (exact) mass is 444 g/mol. The lowest BCUT2D eigenvalue weighted by Crippen LogP contribution is -2.48. The number of carbonyl (C=O) groups is 4. The summed E-state index contributed by atoms with van der Waals surface area (Å²) in [5.74, 6) is -1.53. The largest absolute Gasteiger partial charge is 0.493 e. The Morgan fingerprint density at radius 1 is 1.28 bits per heavy atom. The molecule has 1 aliphatic rings. The predicted molar refractivity (Wildman–Crippen MR) is 116 cm³/mol. The van der Waals surface area contributed by atoms with E-state index in [1.54, 1.807) is 6.07 Å². The molecule has 1 aliphatic heterocycles. The molecule has 1 aromatic carbocycles. The highest BCUT2D eigenvalue weighted by molar-refractivity contribution is 6.01. The smallest absolute Gasteiger partial charge is 0.328 e. The van der Waals surface area contributed by atoms with Crippen LogP contribution in [0.4, 0.5) is 0 Å². The van der Waals surface area contributed by atoms with Crippen LogP contribution in [0.2, 0.25) is 0 Å². The van der Waals surface area contributed by atoms with Gasteiger partial charge in [0.25, 0.3) is 5.91 Å². The van der Waals surface area contributed by atoms with Crippen molar-refractivity contribution in [1.29, 1.82) is 0 Å². The van der Waals surface area contributed by atoms with Crippen LogP contribution in [0, 0.1) is 5.92 Å². The summed E-state index contributed by atoms with van der Waals surface area (Å²) in [4.78, 5) is 52.0. The first-order valence-electron chi connectivity index (χ1n) is 10.6. The molecule has 10 heteroatoms. The molecule has 0 unspecified atom stereocenters. The van der Waals surface area contributed by atoms with E-state index < -0.39 is 23.8 Å². The molecule has 4 N–H and O–H groups in total. The zero-order chi connectivity index (χ0) is 23.1. The summed E-state index contributed by atoms with van der Waals surface area (Å²) in [7, 11) is 1.22. The van der Waals surface area contributed by atoms with E-state index in [-0.39, 0.29) is 30.5 Å². The van der Waals surface area contributed by atoms with Gasteiger partial charge in [-0.05, 0) is 44.4 Å². The summed E-state index contributed by atoms with van der Waals surface area (Å²) in [6.45, 7) is 2.64. The van der Waals surface area contributed by atoms with Gasteiger partial charge in [-0.15, -0.1) is 0 Å². The Morgan fingerprint density at radius 3 is 2.81 bits per heavy atom. The maximum absolute atomic E-state index is 12.5. The van der Waals surface area contributed by atoms with Crippen molar-refractivity contribution in [2.45, 2.75) is 32.2 Å². The lowest BCUT2D eigenvalue weighted by molar-refractivity contribution is -0.146. The van der Waals surface area contributed by atoms with Crippen LogP contribution in [0.15, 0.2) is 24.3 Å². The van der Waals surface area contributed by atoms with Gasteiger partial charge in [0.15, 0.2) is 0 Å². The lowest BCUT2D eigenvalue weighted by Gasteiger charge is -2.25. The summed E-state index contributed by atoms with van der Waals surface area (Å²) in [6, 6.07) is 6.14. The van der Waals surface area contributed by atoms with Gasteiger partial charge >= 0.3 is 5.97 Å². The predicted octanol–water partition coefficient (Wildman–Crippen LogP) is 0.871. The van der Waals surface area contributed by atoms with Crippen molar-refractivity contribution in [1.82, 2.24) is 20.9 Å². The van der Waals surface area contributed by atoms with Gasteiger partial charge in [0.05, 0.1) is 20.3 Å². The van der Waals surface area contributed by atoms with Crippen molar-refractivity contribution in [3.63, 3.8) is 0 Å². The number of rotatable bonds is 9. The number of amides is 3. The van der Waals surface area contributed by atoms with Crippen molar-refractivity contribution >= 4 is 34.6 Å². The van der Waals surface area contributed by atoms with E-state index in [2.05, 4.69) is 20.9 Å². The number of esters is 1. The van der Waals surface area contributed by atoms with Crippen LogP contribution < -0.4 is 20.7 Å². The summed E-state index contributed by atoms with van der Waals surface area (Å²) in [6.07, 6.45) is 1.58. The van der Waals surface area contributed by atoms with Crippen LogP contribution in [-0.4, -0.2) is 61.5 Å². The van der Waals surface area contributed by atoms with Crippen molar-refractivity contribution in [2.75, 3.05) is 26.8 Å². The number of hydrogen-bond acceptors (Lipinski definition) is 6. The Kier molecular flexibility index (Phi) is 7.69. The first-order chi connectivity index (χ1) is 15.4. The molecule has 0 radical (unpaired) electrons. The Labute approximate surface area is 185 Å². The molecule has 2 atom stereocenters. The number of carbonyl (C=O) groups excluding carboxylic acids is 4. The zero-order valence-electron chi connectivity index (χ0n) is 18.2. The maximum Gasteiger partial charge on any atom is 0.328 e. The van der Waals surface area contributed by atoms with Crippen molar-refractivity contribution in [2.24, 2.45) is 5.92 Å². The number of aromatic amines is 1. The minimum absolute atomic E-state index is 0.139. The normalized spacial score (nSPS) is 16.7. The van der Waals surface area contributed by atoms with Crippen LogP contribution in [0.1, 0.15) is 36.7 Å². The Hall–Kier alpha value is -3.56. The molecule has 1 fully saturated rings. The summed E-state index contributed by atoms with van der Waals surface area (Å²) in [5, 5.41) is 8.61. The fourth-order valence-electron chi connectivity index (χ4n) is 3.73. The second-order valence-electron chi connectivity index (χ2n) is 7.53. The molecular formula is C22H28N4O6. The Morgan fingerprint density at radius 2 is 2.09 bits per heavy atom. The van der Waals surface area contributed by atoms with Gasteiger partial charge < -0.3 is 30.4 Å². The van der Waals surface area contributed by atoms with Gasteiger partial charge in [-0.1, -0.05) is 6.07 Å². The fourth-order valence-corrected chi connectivity index (χ4v) is 3.73. The topological polar surface area (TPSA) is 139 Å². The van der Waals surface area contributed by atoms with E-state index in [1.165, 1.54) is 7.11 Å². The van der Waals surface area contributed by atoms with E-state index in [9.17, 15) is 19.2 Å². The van der Waals surface area contributed by atoms with Gasteiger partial charge in [-0.25, -0.2) is 4.79 Å².